The van der Waals surface area contributed by atoms with Crippen LogP contribution in [0.5, 0.6) is 0 Å². The fraction of sp³-hybridized carbons (Fsp3) is 0.304. The molecule has 11 aromatic carbocycles. The van der Waals surface area contributed by atoms with Gasteiger partial charge in [-0.3, -0.25) is 0 Å². The summed E-state index contributed by atoms with van der Waals surface area (Å²) in [5.74, 6) is 0. The van der Waals surface area contributed by atoms with Crippen LogP contribution in [0.15, 0.2) is 182 Å². The number of rotatable bonds is 4. The van der Waals surface area contributed by atoms with Crippen LogP contribution in [0.2, 0.25) is 0 Å². The minimum atomic E-state index is -0.162. The van der Waals surface area contributed by atoms with Crippen LogP contribution in [-0.4, -0.2) is 0 Å². The van der Waals surface area contributed by atoms with Gasteiger partial charge in [-0.25, -0.2) is 0 Å². The highest BCUT2D eigenvalue weighted by Gasteiger charge is 2.42. The summed E-state index contributed by atoms with van der Waals surface area (Å²) in [7, 11) is 0. The normalized spacial score (nSPS) is 15.8. The van der Waals surface area contributed by atoms with Crippen molar-refractivity contribution in [3.8, 4) is 100 Å². The molecule has 0 nitrogen and oxygen atoms in total. The average molecular weight is 1200 g/mol. The van der Waals surface area contributed by atoms with Crippen molar-refractivity contribution in [1.82, 2.24) is 0 Å². The maximum atomic E-state index is 2.61. The molecule has 5 aliphatic rings. The van der Waals surface area contributed by atoms with Crippen LogP contribution in [0.25, 0.3) is 138 Å². The average Bonchev–Trinajstić information content (AvgIpc) is 1.49. The lowest BCUT2D eigenvalue weighted by Crippen LogP contribution is -2.17. The maximum Gasteiger partial charge on any atom is 0.0159 e. The first-order chi connectivity index (χ1) is 43.3. The summed E-state index contributed by atoms with van der Waals surface area (Å²) in [5.41, 5.74) is 38.7. The molecule has 0 saturated heterocycles. The molecule has 0 N–H and O–H groups in total. The van der Waals surface area contributed by atoms with Gasteiger partial charge in [-0.05, 0) is 246 Å². The first kappa shape index (κ1) is 58.7. The standard InChI is InChI=1S/C92H90/c1-86(2,3)55-34-37-66-71(50-55)79(54-44-58(89(10,11)12)49-59(45-54)90(13,14)15)85-70-41-39-68-80-67(38-40-69(81(70)80)84(85)78(66)53-42-56(87(4,5)6)48-57(43-53)88(7,8)9)82-76(51-32-35-62-60-26-22-24-30-72(60)91(16,17)74(62)46-51)64-28-20-21-29-65(64)77(83(68)82)52-33-36-63-61-27-23-25-31-73(61)92(18,19)75(63)47-52/h20-23,25-29,31-50H,24,30H2,1-19H3. The van der Waals surface area contributed by atoms with E-state index in [1.165, 1.54) is 188 Å². The molecular formula is C92H90. The Morgan fingerprint density at radius 3 is 1.13 bits per heavy atom. The summed E-state index contributed by atoms with van der Waals surface area (Å²) in [4.78, 5) is 0. The summed E-state index contributed by atoms with van der Waals surface area (Å²) < 4.78 is 0. The fourth-order valence-electron chi connectivity index (χ4n) is 17.3. The third-order valence-corrected chi connectivity index (χ3v) is 22.6. The molecule has 0 amide bonds. The SMILES string of the molecule is CC(C)(C)c1cc(-c2c3c(c(-c4cc(C(C)(C)C)cc(C(C)(C)C)c4)c4cc(C(C)(C)C)ccc24)-c2ccc4c5c(ccc-3c25)-c2c-4c(-c3ccc4c(c3)C(C)(C)c3ccccc3-4)c3ccccc3c2-c2ccc3c(c2)C(C)(C)C2=C3C=CCC2)cc(C(C)(C)C)c1. The molecule has 0 aliphatic heterocycles. The Kier molecular flexibility index (Phi) is 12.2. The Balaban J connectivity index is 1.07. The fourth-order valence-corrected chi connectivity index (χ4v) is 17.3. The van der Waals surface area contributed by atoms with Gasteiger partial charge in [0.2, 0.25) is 0 Å². The molecule has 0 unspecified atom stereocenters. The van der Waals surface area contributed by atoms with Crippen molar-refractivity contribution in [3.05, 3.63) is 232 Å². The molecule has 0 heteroatoms. The van der Waals surface area contributed by atoms with Crippen molar-refractivity contribution in [2.24, 2.45) is 0 Å². The van der Waals surface area contributed by atoms with Gasteiger partial charge >= 0.3 is 0 Å². The monoisotopic (exact) mass is 1190 g/mol. The summed E-state index contributed by atoms with van der Waals surface area (Å²) in [6, 6.07) is 66.7. The second-order valence-corrected chi connectivity index (χ2v) is 34.4. The largest absolute Gasteiger partial charge is 0.0836 e. The zero-order chi connectivity index (χ0) is 64.6. The third-order valence-electron chi connectivity index (χ3n) is 22.6. The lowest BCUT2D eigenvalue weighted by molar-refractivity contribution is 0.568. The smallest absolute Gasteiger partial charge is 0.0159 e. The zero-order valence-electron chi connectivity index (χ0n) is 58.2. The van der Waals surface area contributed by atoms with E-state index in [9.17, 15) is 0 Å². The summed E-state index contributed by atoms with van der Waals surface area (Å²) in [6.07, 6.45) is 7.01. The van der Waals surface area contributed by atoms with Crippen molar-refractivity contribution < 1.29 is 0 Å². The van der Waals surface area contributed by atoms with Gasteiger partial charge in [0.25, 0.3) is 0 Å². The molecule has 458 valence electrons. The highest BCUT2D eigenvalue weighted by atomic mass is 14.5. The molecule has 0 heterocycles. The summed E-state index contributed by atoms with van der Waals surface area (Å²) >= 11 is 0. The van der Waals surface area contributed by atoms with E-state index in [1.54, 1.807) is 5.57 Å². The molecule has 92 heavy (non-hydrogen) atoms. The van der Waals surface area contributed by atoms with E-state index in [-0.39, 0.29) is 37.9 Å². The van der Waals surface area contributed by atoms with Crippen LogP contribution in [-0.2, 0) is 37.9 Å². The van der Waals surface area contributed by atoms with Crippen LogP contribution in [0.4, 0.5) is 0 Å². The van der Waals surface area contributed by atoms with Crippen molar-refractivity contribution in [1.29, 1.82) is 0 Å². The topological polar surface area (TPSA) is 0 Å². The summed E-state index contributed by atoms with van der Waals surface area (Å²) in [6.45, 7) is 45.7. The van der Waals surface area contributed by atoms with E-state index in [1.807, 2.05) is 0 Å². The Morgan fingerprint density at radius 2 is 0.663 bits per heavy atom. The first-order valence-electron chi connectivity index (χ1n) is 34.3. The molecule has 0 fully saturated rings. The maximum absolute atomic E-state index is 2.61. The highest BCUT2D eigenvalue weighted by Crippen LogP contribution is 2.66. The van der Waals surface area contributed by atoms with Gasteiger partial charge < -0.3 is 0 Å². The Hall–Kier alpha value is -8.32. The molecule has 16 rings (SSSR count). The second kappa shape index (κ2) is 19.2. The van der Waals surface area contributed by atoms with E-state index in [0.29, 0.717) is 0 Å². The van der Waals surface area contributed by atoms with Gasteiger partial charge in [0.15, 0.2) is 0 Å². The van der Waals surface area contributed by atoms with Gasteiger partial charge in [0.05, 0.1) is 0 Å². The van der Waals surface area contributed by atoms with Gasteiger partial charge in [0.1, 0.15) is 0 Å². The number of hydrogen-bond donors (Lipinski definition) is 0. The van der Waals surface area contributed by atoms with Gasteiger partial charge in [-0.1, -0.05) is 295 Å². The minimum absolute atomic E-state index is 0.0802. The molecule has 0 spiro atoms. The van der Waals surface area contributed by atoms with Crippen LogP contribution in [0.1, 0.15) is 194 Å². The van der Waals surface area contributed by atoms with Crippen molar-refractivity contribution in [2.45, 2.75) is 182 Å². The van der Waals surface area contributed by atoms with Crippen LogP contribution < -0.4 is 0 Å². The van der Waals surface area contributed by atoms with E-state index in [4.69, 9.17) is 0 Å². The van der Waals surface area contributed by atoms with Crippen molar-refractivity contribution in [3.63, 3.8) is 0 Å². The van der Waals surface area contributed by atoms with Crippen LogP contribution in [0, 0.1) is 0 Å². The zero-order valence-corrected chi connectivity index (χ0v) is 58.2. The van der Waals surface area contributed by atoms with E-state index in [0.717, 1.165) is 12.8 Å². The molecule has 0 atom stereocenters. The lowest BCUT2D eigenvalue weighted by atomic mass is 9.75. The van der Waals surface area contributed by atoms with Crippen molar-refractivity contribution >= 4 is 37.9 Å². The Bertz CT molecular complexity index is 5120. The van der Waals surface area contributed by atoms with E-state index < -0.39 is 0 Å². The van der Waals surface area contributed by atoms with Crippen molar-refractivity contribution in [2.75, 3.05) is 0 Å². The molecular weight excluding hydrogens is 1110 g/mol. The molecule has 0 bridgehead atoms. The van der Waals surface area contributed by atoms with Gasteiger partial charge in [-0.15, -0.1) is 0 Å². The predicted octanol–water partition coefficient (Wildman–Crippen LogP) is 26.3. The van der Waals surface area contributed by atoms with Gasteiger partial charge in [-0.2, -0.15) is 0 Å². The number of benzene rings is 11. The van der Waals surface area contributed by atoms with E-state index in [2.05, 4.69) is 307 Å². The Morgan fingerprint density at radius 1 is 0.283 bits per heavy atom. The van der Waals surface area contributed by atoms with Crippen LogP contribution >= 0.6 is 0 Å². The van der Waals surface area contributed by atoms with E-state index >= 15 is 0 Å². The first-order valence-corrected chi connectivity index (χ1v) is 34.3. The lowest BCUT2D eigenvalue weighted by Gasteiger charge is -2.29. The molecule has 11 aromatic rings. The molecule has 0 aromatic heterocycles. The number of allylic oxidation sites excluding steroid dienone is 4. The predicted molar refractivity (Wildman–Crippen MR) is 399 cm³/mol. The molecule has 0 saturated carbocycles. The summed E-state index contributed by atoms with van der Waals surface area (Å²) in [5, 5.41) is 7.97. The second-order valence-electron chi connectivity index (χ2n) is 34.4. The third kappa shape index (κ3) is 8.39. The number of hydrogen-bond acceptors (Lipinski definition) is 0. The molecule has 0 radical (unpaired) electrons. The molecule has 5 aliphatic carbocycles. The number of fused-ring (bicyclic) bond motifs is 13. The quantitative estimate of drug-likeness (QED) is 0.165. The van der Waals surface area contributed by atoms with Crippen LogP contribution in [0.3, 0.4) is 0 Å². The minimum Gasteiger partial charge on any atom is -0.0836 e. The highest BCUT2D eigenvalue weighted by molar-refractivity contribution is 6.35. The Labute approximate surface area is 548 Å². The van der Waals surface area contributed by atoms with Gasteiger partial charge in [0, 0.05) is 10.8 Å².